The van der Waals surface area contributed by atoms with Gasteiger partial charge in [0.05, 0.1) is 25.0 Å². The maximum atomic E-state index is 12.7. The second kappa shape index (κ2) is 16.7. The highest BCUT2D eigenvalue weighted by Gasteiger charge is 2.22. The largest absolute Gasteiger partial charge is 0.464 e. The topological polar surface area (TPSA) is 105 Å². The van der Waals surface area contributed by atoms with Crippen LogP contribution in [0.1, 0.15) is 44.6 Å². The third-order valence-electron chi connectivity index (χ3n) is 5.20. The Morgan fingerprint density at radius 1 is 1.12 bits per heavy atom. The van der Waals surface area contributed by atoms with E-state index < -0.39 is 5.92 Å². The van der Waals surface area contributed by atoms with E-state index in [1.807, 2.05) is 36.4 Å². The van der Waals surface area contributed by atoms with Crippen molar-refractivity contribution in [1.82, 2.24) is 10.6 Å². The number of rotatable bonds is 17. The fourth-order valence-electron chi connectivity index (χ4n) is 3.39. The zero-order valence-electron chi connectivity index (χ0n) is 19.6. The fraction of sp³-hybridized carbons (Fsp3) is 0.500. The minimum absolute atomic E-state index is 0.00949. The fourth-order valence-corrected chi connectivity index (χ4v) is 3.39. The molecular weight excluding hydrogens is 420 g/mol. The van der Waals surface area contributed by atoms with Gasteiger partial charge in [-0.15, -0.1) is 13.2 Å². The molecule has 0 fully saturated rings. The highest BCUT2D eigenvalue weighted by atomic mass is 16.5. The molecule has 1 aromatic rings. The number of carbonyl (C=O) groups excluding carboxylic acids is 3. The minimum atomic E-state index is -0.575. The molecule has 0 aliphatic heterocycles. The van der Waals surface area contributed by atoms with Crippen LogP contribution in [-0.2, 0) is 25.5 Å². The van der Waals surface area contributed by atoms with Crippen LogP contribution in [0.2, 0.25) is 0 Å². The molecule has 0 saturated heterocycles. The van der Waals surface area contributed by atoms with Crippen LogP contribution in [-0.4, -0.2) is 48.7 Å². The summed E-state index contributed by atoms with van der Waals surface area (Å²) in [5.41, 5.74) is 1.08. The number of aliphatic hydroxyl groups is 1. The summed E-state index contributed by atoms with van der Waals surface area (Å²) < 4.78 is 5.44. The number of esters is 1. The lowest BCUT2D eigenvalue weighted by molar-refractivity contribution is -0.149. The van der Waals surface area contributed by atoms with E-state index in [1.165, 1.54) is 0 Å². The Balaban J connectivity index is 2.51. The molecule has 7 nitrogen and oxygen atoms in total. The van der Waals surface area contributed by atoms with Crippen molar-refractivity contribution in [3.05, 3.63) is 61.2 Å². The van der Waals surface area contributed by atoms with E-state index in [4.69, 9.17) is 9.84 Å². The average Bonchev–Trinajstić information content (AvgIpc) is 2.81. The molecule has 0 heterocycles. The predicted octanol–water partition coefficient (Wildman–Crippen LogP) is 2.94. The summed E-state index contributed by atoms with van der Waals surface area (Å²) in [7, 11) is 0. The van der Waals surface area contributed by atoms with Gasteiger partial charge in [0.15, 0.2) is 0 Å². The summed E-state index contributed by atoms with van der Waals surface area (Å²) in [6.07, 6.45) is 6.76. The summed E-state index contributed by atoms with van der Waals surface area (Å²) in [6.45, 7) is 9.10. The quantitative estimate of drug-likeness (QED) is 0.189. The van der Waals surface area contributed by atoms with Gasteiger partial charge in [-0.1, -0.05) is 42.5 Å². The summed E-state index contributed by atoms with van der Waals surface area (Å²) in [5, 5.41) is 14.4. The maximum absolute atomic E-state index is 12.7. The Morgan fingerprint density at radius 2 is 1.85 bits per heavy atom. The van der Waals surface area contributed by atoms with E-state index in [1.54, 1.807) is 13.0 Å². The van der Waals surface area contributed by atoms with Crippen LogP contribution in [0, 0.1) is 11.8 Å². The Labute approximate surface area is 197 Å². The van der Waals surface area contributed by atoms with Gasteiger partial charge in [0.25, 0.3) is 0 Å². The van der Waals surface area contributed by atoms with Crippen molar-refractivity contribution in [3.63, 3.8) is 0 Å². The van der Waals surface area contributed by atoms with Crippen molar-refractivity contribution in [2.45, 2.75) is 51.5 Å². The van der Waals surface area contributed by atoms with Gasteiger partial charge in [-0.05, 0) is 44.6 Å². The first-order chi connectivity index (χ1) is 15.9. The molecule has 0 aliphatic rings. The van der Waals surface area contributed by atoms with Crippen molar-refractivity contribution in [2.75, 3.05) is 19.8 Å². The van der Waals surface area contributed by atoms with Gasteiger partial charge in [-0.25, -0.2) is 0 Å². The van der Waals surface area contributed by atoms with Crippen LogP contribution in [0.3, 0.4) is 0 Å². The first kappa shape index (κ1) is 28.1. The van der Waals surface area contributed by atoms with Gasteiger partial charge in [-0.3, -0.25) is 14.4 Å². The Bertz CT molecular complexity index is 750. The molecule has 0 saturated carbocycles. The van der Waals surface area contributed by atoms with Crippen LogP contribution in [0.5, 0.6) is 0 Å². The zero-order valence-corrected chi connectivity index (χ0v) is 19.6. The third-order valence-corrected chi connectivity index (χ3v) is 5.20. The molecule has 1 aromatic carbocycles. The molecule has 0 bridgehead atoms. The van der Waals surface area contributed by atoms with Gasteiger partial charge in [0.1, 0.15) is 6.61 Å². The van der Waals surface area contributed by atoms with Crippen molar-refractivity contribution < 1.29 is 24.2 Å². The highest BCUT2D eigenvalue weighted by Crippen LogP contribution is 2.17. The van der Waals surface area contributed by atoms with Gasteiger partial charge in [0.2, 0.25) is 11.8 Å². The molecule has 182 valence electrons. The van der Waals surface area contributed by atoms with Gasteiger partial charge >= 0.3 is 5.97 Å². The average molecular weight is 459 g/mol. The monoisotopic (exact) mass is 458 g/mol. The number of hydrogen-bond donors (Lipinski definition) is 3. The number of carbonyl (C=O) groups is 3. The maximum Gasteiger partial charge on any atom is 0.309 e. The third kappa shape index (κ3) is 12.0. The standard InChI is InChI=1S/C26H38N2O5/c1-4-6-8-14-23(17-21-12-9-7-10-13-21)26(32)33-16-15-27-25(31)22(11-5-2)18-24(30)28-20(3)19-29/h4-5,7,9-10,12-13,20,22-23,29H,1-2,6,8,11,14-19H2,3H3,(H,27,31)(H,28,30)/t20-,22-,23-/m1/s1. The minimum Gasteiger partial charge on any atom is -0.464 e. The van der Waals surface area contributed by atoms with E-state index in [2.05, 4.69) is 23.8 Å². The lowest BCUT2D eigenvalue weighted by Gasteiger charge is -2.18. The predicted molar refractivity (Wildman–Crippen MR) is 129 cm³/mol. The number of unbranched alkanes of at least 4 members (excludes halogenated alkanes) is 1. The van der Waals surface area contributed by atoms with Crippen molar-refractivity contribution in [2.24, 2.45) is 11.8 Å². The van der Waals surface area contributed by atoms with Gasteiger partial charge < -0.3 is 20.5 Å². The zero-order chi connectivity index (χ0) is 24.5. The molecule has 3 atom stereocenters. The molecule has 1 rings (SSSR count). The van der Waals surface area contributed by atoms with E-state index in [-0.39, 0.29) is 55.9 Å². The Morgan fingerprint density at radius 3 is 2.48 bits per heavy atom. The van der Waals surface area contributed by atoms with E-state index in [0.29, 0.717) is 19.3 Å². The summed E-state index contributed by atoms with van der Waals surface area (Å²) in [5.74, 6) is -1.72. The first-order valence-electron chi connectivity index (χ1n) is 11.5. The number of hydrogen-bond acceptors (Lipinski definition) is 5. The number of amides is 2. The van der Waals surface area contributed by atoms with Crippen molar-refractivity contribution >= 4 is 17.8 Å². The molecule has 0 aromatic heterocycles. The van der Waals surface area contributed by atoms with Crippen LogP contribution >= 0.6 is 0 Å². The SMILES string of the molecule is C=CCCC[C@H](Cc1ccccc1)C(=O)OCCNC(=O)[C@H](CC=C)CC(=O)N[C@H](C)CO. The van der Waals surface area contributed by atoms with Crippen molar-refractivity contribution in [3.8, 4) is 0 Å². The molecule has 7 heteroatoms. The normalized spacial score (nSPS) is 13.3. The van der Waals surface area contributed by atoms with E-state index >= 15 is 0 Å². The highest BCUT2D eigenvalue weighted by molar-refractivity contribution is 5.86. The second-order valence-corrected chi connectivity index (χ2v) is 8.14. The number of allylic oxidation sites excluding steroid dienone is 2. The molecule has 2 amide bonds. The van der Waals surface area contributed by atoms with Crippen LogP contribution in [0.25, 0.3) is 0 Å². The number of benzene rings is 1. The molecule has 0 spiro atoms. The molecule has 0 radical (unpaired) electrons. The second-order valence-electron chi connectivity index (χ2n) is 8.14. The van der Waals surface area contributed by atoms with E-state index in [0.717, 1.165) is 18.4 Å². The summed E-state index contributed by atoms with van der Waals surface area (Å²) in [6, 6.07) is 9.44. The van der Waals surface area contributed by atoms with Gasteiger partial charge in [0, 0.05) is 12.5 Å². The number of aliphatic hydroxyl groups excluding tert-OH is 1. The smallest absolute Gasteiger partial charge is 0.309 e. The molecule has 3 N–H and O–H groups in total. The lowest BCUT2D eigenvalue weighted by Crippen LogP contribution is -2.39. The lowest BCUT2D eigenvalue weighted by atomic mass is 9.94. The molecule has 33 heavy (non-hydrogen) atoms. The van der Waals surface area contributed by atoms with Crippen LogP contribution < -0.4 is 10.6 Å². The van der Waals surface area contributed by atoms with E-state index in [9.17, 15) is 14.4 Å². The Kier molecular flexibility index (Phi) is 14.2. The number of ether oxygens (including phenoxy) is 1. The van der Waals surface area contributed by atoms with Gasteiger partial charge in [-0.2, -0.15) is 0 Å². The Hall–Kier alpha value is -2.93. The van der Waals surface area contributed by atoms with Crippen LogP contribution in [0.4, 0.5) is 0 Å². The summed E-state index contributed by atoms with van der Waals surface area (Å²) in [4.78, 5) is 37.2. The van der Waals surface area contributed by atoms with Crippen LogP contribution in [0.15, 0.2) is 55.6 Å². The molecule has 0 aliphatic carbocycles. The molecular formula is C26H38N2O5. The van der Waals surface area contributed by atoms with Crippen molar-refractivity contribution in [1.29, 1.82) is 0 Å². The summed E-state index contributed by atoms with van der Waals surface area (Å²) >= 11 is 0. The number of nitrogens with one attached hydrogen (secondary N) is 2. The molecule has 0 unspecified atom stereocenters. The first-order valence-corrected chi connectivity index (χ1v) is 11.5.